The highest BCUT2D eigenvalue weighted by molar-refractivity contribution is 6.29. The second kappa shape index (κ2) is 6.32. The van der Waals surface area contributed by atoms with Crippen molar-refractivity contribution < 1.29 is 4.74 Å². The molecule has 7 heteroatoms. The summed E-state index contributed by atoms with van der Waals surface area (Å²) in [5.41, 5.74) is 0. The molecule has 0 unspecified atom stereocenters. The average Bonchev–Trinajstić information content (AvgIpc) is 2.81. The zero-order valence-corrected chi connectivity index (χ0v) is 10.6. The smallest absolute Gasteiger partial charge is 0.255 e. The van der Waals surface area contributed by atoms with Crippen LogP contribution in [0.1, 0.15) is 6.42 Å². The largest absolute Gasteiger partial charge is 0.379 e. The minimum Gasteiger partial charge on any atom is -0.379 e. The Hall–Kier alpha value is -1.66. The summed E-state index contributed by atoms with van der Waals surface area (Å²) >= 11 is 5.89. The van der Waals surface area contributed by atoms with Crippen molar-refractivity contribution in [3.05, 3.63) is 30.2 Å². The van der Waals surface area contributed by atoms with E-state index in [1.807, 2.05) is 6.08 Å². The van der Waals surface area contributed by atoms with Gasteiger partial charge in [0.2, 0.25) is 0 Å². The summed E-state index contributed by atoms with van der Waals surface area (Å²) in [6, 6.07) is 1.70. The van der Waals surface area contributed by atoms with Gasteiger partial charge in [-0.3, -0.25) is 0 Å². The van der Waals surface area contributed by atoms with E-state index in [9.17, 15) is 0 Å². The fraction of sp³-hybridized carbons (Fsp3) is 0.364. The van der Waals surface area contributed by atoms with Crippen molar-refractivity contribution in [2.24, 2.45) is 0 Å². The molecular weight excluding hydrogens is 254 g/mol. The Morgan fingerprint density at radius 2 is 2.39 bits per heavy atom. The Balaban J connectivity index is 1.90. The summed E-state index contributed by atoms with van der Waals surface area (Å²) in [5, 5.41) is 7.61. The topological polar surface area (TPSA) is 64.3 Å². The third kappa shape index (κ3) is 3.18. The Bertz CT molecular complexity index is 527. The molecule has 2 rings (SSSR count). The number of rotatable bonds is 7. The third-order valence-corrected chi connectivity index (χ3v) is 2.43. The summed E-state index contributed by atoms with van der Waals surface area (Å²) < 4.78 is 6.98. The molecule has 0 atom stereocenters. The molecule has 6 nitrogen and oxygen atoms in total. The summed E-state index contributed by atoms with van der Waals surface area (Å²) in [6.45, 7) is 5.57. The molecule has 0 saturated carbocycles. The van der Waals surface area contributed by atoms with Gasteiger partial charge in [0.15, 0.2) is 0 Å². The van der Waals surface area contributed by atoms with Crippen LogP contribution in [0.2, 0.25) is 5.15 Å². The molecule has 0 fully saturated rings. The molecule has 0 amide bonds. The molecule has 0 aliphatic rings. The molecule has 2 heterocycles. The number of hydrogen-bond acceptors (Lipinski definition) is 5. The molecule has 2 aromatic rings. The van der Waals surface area contributed by atoms with E-state index in [0.717, 1.165) is 12.2 Å². The molecule has 0 aromatic carbocycles. The molecule has 1 N–H and O–H groups in total. The van der Waals surface area contributed by atoms with Crippen LogP contribution in [0.3, 0.4) is 0 Å². The quantitative estimate of drug-likeness (QED) is 0.471. The van der Waals surface area contributed by atoms with E-state index < -0.39 is 0 Å². The maximum atomic E-state index is 5.89. The van der Waals surface area contributed by atoms with Gasteiger partial charge in [0, 0.05) is 12.6 Å². The number of aromatic nitrogens is 4. The maximum Gasteiger partial charge on any atom is 0.255 e. The Morgan fingerprint density at radius 1 is 1.50 bits per heavy atom. The minimum absolute atomic E-state index is 0.380. The van der Waals surface area contributed by atoms with Gasteiger partial charge in [0.25, 0.3) is 5.78 Å². The lowest BCUT2D eigenvalue weighted by atomic mass is 10.4. The first-order valence-electron chi connectivity index (χ1n) is 5.60. The second-order valence-electron chi connectivity index (χ2n) is 3.55. The van der Waals surface area contributed by atoms with Crippen molar-refractivity contribution in [1.82, 2.24) is 19.6 Å². The van der Waals surface area contributed by atoms with E-state index in [1.54, 1.807) is 10.6 Å². The predicted octanol–water partition coefficient (Wildman–Crippen LogP) is 1.78. The molecule has 18 heavy (non-hydrogen) atoms. The highest BCUT2D eigenvalue weighted by atomic mass is 35.5. The number of nitrogens with zero attached hydrogens (tertiary/aromatic N) is 4. The van der Waals surface area contributed by atoms with Crippen molar-refractivity contribution in [2.75, 3.05) is 25.1 Å². The Labute approximate surface area is 110 Å². The molecule has 0 spiro atoms. The lowest BCUT2D eigenvalue weighted by Gasteiger charge is -2.08. The van der Waals surface area contributed by atoms with Gasteiger partial charge in [0.05, 0.1) is 13.2 Å². The van der Waals surface area contributed by atoms with Gasteiger partial charge >= 0.3 is 0 Å². The van der Waals surface area contributed by atoms with Gasteiger partial charge in [0.1, 0.15) is 17.3 Å². The van der Waals surface area contributed by atoms with E-state index in [4.69, 9.17) is 16.3 Å². The standard InChI is InChI=1S/C11H14ClN5O/c1-2-3-5-18-6-4-13-10-7-9(12)16-11-14-8-15-17(10)11/h2,7-8,13H,1,3-6H2. The van der Waals surface area contributed by atoms with Crippen molar-refractivity contribution in [1.29, 1.82) is 0 Å². The molecular formula is C11H14ClN5O. The second-order valence-corrected chi connectivity index (χ2v) is 3.94. The van der Waals surface area contributed by atoms with Crippen LogP contribution in [-0.2, 0) is 4.74 Å². The predicted molar refractivity (Wildman–Crippen MR) is 69.9 cm³/mol. The number of ether oxygens (including phenoxy) is 1. The van der Waals surface area contributed by atoms with Crippen LogP contribution in [0.4, 0.5) is 5.82 Å². The summed E-state index contributed by atoms with van der Waals surface area (Å²) in [5.74, 6) is 1.22. The van der Waals surface area contributed by atoms with Crippen LogP contribution >= 0.6 is 11.6 Å². The number of anilines is 1. The third-order valence-electron chi connectivity index (χ3n) is 2.24. The van der Waals surface area contributed by atoms with Gasteiger partial charge in [-0.05, 0) is 6.42 Å². The van der Waals surface area contributed by atoms with Gasteiger partial charge < -0.3 is 10.1 Å². The zero-order chi connectivity index (χ0) is 12.8. The van der Waals surface area contributed by atoms with E-state index in [-0.39, 0.29) is 0 Å². The Morgan fingerprint density at radius 3 is 3.22 bits per heavy atom. The van der Waals surface area contributed by atoms with Crippen molar-refractivity contribution in [2.45, 2.75) is 6.42 Å². The summed E-state index contributed by atoms with van der Waals surface area (Å²) in [7, 11) is 0. The van der Waals surface area contributed by atoms with E-state index in [0.29, 0.717) is 30.7 Å². The van der Waals surface area contributed by atoms with Crippen LogP contribution in [0.5, 0.6) is 0 Å². The molecule has 96 valence electrons. The number of hydrogen-bond donors (Lipinski definition) is 1. The molecule has 0 aliphatic heterocycles. The van der Waals surface area contributed by atoms with E-state index in [1.165, 1.54) is 6.33 Å². The van der Waals surface area contributed by atoms with Crippen molar-refractivity contribution >= 4 is 23.2 Å². The van der Waals surface area contributed by atoms with Crippen molar-refractivity contribution in [3.8, 4) is 0 Å². The zero-order valence-electron chi connectivity index (χ0n) is 9.84. The highest BCUT2D eigenvalue weighted by Gasteiger charge is 2.05. The molecule has 0 aliphatic carbocycles. The van der Waals surface area contributed by atoms with Crippen LogP contribution in [0.25, 0.3) is 5.78 Å². The van der Waals surface area contributed by atoms with Gasteiger partial charge in [-0.2, -0.15) is 19.6 Å². The van der Waals surface area contributed by atoms with Crippen LogP contribution in [0, 0.1) is 0 Å². The van der Waals surface area contributed by atoms with Gasteiger partial charge in [-0.1, -0.05) is 17.7 Å². The molecule has 0 radical (unpaired) electrons. The monoisotopic (exact) mass is 267 g/mol. The first-order chi connectivity index (χ1) is 8.81. The fourth-order valence-electron chi connectivity index (χ4n) is 1.43. The van der Waals surface area contributed by atoms with E-state index >= 15 is 0 Å². The van der Waals surface area contributed by atoms with Gasteiger partial charge in [-0.15, -0.1) is 6.58 Å². The number of nitrogens with one attached hydrogen (secondary N) is 1. The number of fused-ring (bicyclic) bond motifs is 1. The Kier molecular flexibility index (Phi) is 4.49. The summed E-state index contributed by atoms with van der Waals surface area (Å²) in [4.78, 5) is 8.02. The van der Waals surface area contributed by atoms with Crippen LogP contribution in [0.15, 0.2) is 25.0 Å². The first-order valence-corrected chi connectivity index (χ1v) is 5.98. The minimum atomic E-state index is 0.380. The van der Waals surface area contributed by atoms with Crippen molar-refractivity contribution in [3.63, 3.8) is 0 Å². The summed E-state index contributed by atoms with van der Waals surface area (Å²) in [6.07, 6.45) is 4.12. The van der Waals surface area contributed by atoms with E-state index in [2.05, 4.69) is 27.0 Å². The lowest BCUT2D eigenvalue weighted by Crippen LogP contribution is -2.13. The maximum absolute atomic E-state index is 5.89. The van der Waals surface area contributed by atoms with Gasteiger partial charge in [-0.25, -0.2) is 0 Å². The molecule has 0 saturated heterocycles. The first kappa shape index (κ1) is 12.8. The SMILES string of the molecule is C=CCCOCCNc1cc(Cl)nc2ncnn12. The lowest BCUT2D eigenvalue weighted by molar-refractivity contribution is 0.149. The highest BCUT2D eigenvalue weighted by Crippen LogP contribution is 2.13. The normalized spacial score (nSPS) is 10.7. The molecule has 0 bridgehead atoms. The van der Waals surface area contributed by atoms with Crippen LogP contribution < -0.4 is 5.32 Å². The fourth-order valence-corrected chi connectivity index (χ4v) is 1.61. The average molecular weight is 268 g/mol. The van der Waals surface area contributed by atoms with Crippen LogP contribution in [-0.4, -0.2) is 39.3 Å². The number of halogens is 1. The molecule has 2 aromatic heterocycles.